The Morgan fingerprint density at radius 2 is 2.06 bits per heavy atom. The molecule has 166 valence electrons. The van der Waals surface area contributed by atoms with Crippen LogP contribution in [-0.2, 0) is 14.9 Å². The van der Waals surface area contributed by atoms with Crippen LogP contribution in [0, 0.1) is 0 Å². The van der Waals surface area contributed by atoms with E-state index in [-0.39, 0.29) is 11.6 Å². The van der Waals surface area contributed by atoms with Gasteiger partial charge in [-0.2, -0.15) is 8.42 Å². The van der Waals surface area contributed by atoms with Gasteiger partial charge in [0.25, 0.3) is 16.1 Å². The molecule has 1 amide bonds. The number of hydrogen-bond acceptors (Lipinski definition) is 8. The summed E-state index contributed by atoms with van der Waals surface area (Å²) < 4.78 is 29.8. The summed E-state index contributed by atoms with van der Waals surface area (Å²) in [5.41, 5.74) is 2.66. The average molecular weight is 447 g/mol. The summed E-state index contributed by atoms with van der Waals surface area (Å²) in [6, 6.07) is 2.81. The summed E-state index contributed by atoms with van der Waals surface area (Å²) in [7, 11) is -4.20. The highest BCUT2D eigenvalue weighted by Gasteiger charge is 2.20. The van der Waals surface area contributed by atoms with Crippen LogP contribution < -0.4 is 20.1 Å². The van der Waals surface area contributed by atoms with Gasteiger partial charge in [0.1, 0.15) is 5.82 Å². The summed E-state index contributed by atoms with van der Waals surface area (Å²) in [5.74, 6) is -0.132. The molecule has 1 aliphatic rings. The van der Waals surface area contributed by atoms with Gasteiger partial charge in [-0.15, -0.1) is 0 Å². The van der Waals surface area contributed by atoms with Crippen LogP contribution in [-0.4, -0.2) is 50.6 Å². The van der Waals surface area contributed by atoms with Gasteiger partial charge in [-0.1, -0.05) is 12.7 Å². The first-order valence-corrected chi connectivity index (χ1v) is 11.3. The lowest BCUT2D eigenvalue weighted by Gasteiger charge is -2.28. The standard InChI is InChI=1S/C20H26N6O4S/c1-4-15(5-2)23-13(3)16-10-14(20(27)25-31(21,28)29)11-17-19(16)24-18(12-22-17)26-6-8-30-9-7-26/h4-5,10-13,23H,1,6-9H2,2-3H3,(H,25,27)(H2,21,28,29)/b15-5+. The van der Waals surface area contributed by atoms with Crippen LogP contribution in [0.4, 0.5) is 5.82 Å². The van der Waals surface area contributed by atoms with E-state index in [0.717, 1.165) is 5.70 Å². The van der Waals surface area contributed by atoms with Crippen LogP contribution in [0.1, 0.15) is 35.8 Å². The molecule has 0 bridgehead atoms. The topological polar surface area (TPSA) is 140 Å². The Labute approximate surface area is 181 Å². The first-order valence-electron chi connectivity index (χ1n) is 9.75. The number of allylic oxidation sites excluding steroid dienone is 2. The van der Waals surface area contributed by atoms with Crippen LogP contribution >= 0.6 is 0 Å². The molecule has 1 aromatic carbocycles. The molecule has 0 radical (unpaired) electrons. The molecule has 1 saturated heterocycles. The monoisotopic (exact) mass is 446 g/mol. The van der Waals surface area contributed by atoms with Crippen LogP contribution in [0.5, 0.6) is 0 Å². The molecule has 0 aliphatic carbocycles. The Bertz CT molecular complexity index is 1130. The maximum atomic E-state index is 12.4. The first-order chi connectivity index (χ1) is 14.7. The van der Waals surface area contributed by atoms with Crippen molar-refractivity contribution in [2.24, 2.45) is 5.14 Å². The molecule has 3 rings (SSSR count). The number of nitrogens with one attached hydrogen (secondary N) is 2. The fourth-order valence-corrected chi connectivity index (χ4v) is 3.69. The Kier molecular flexibility index (Phi) is 6.88. The highest BCUT2D eigenvalue weighted by molar-refractivity contribution is 7.87. The summed E-state index contributed by atoms with van der Waals surface area (Å²) in [6.45, 7) is 10.2. The lowest BCUT2D eigenvalue weighted by molar-refractivity contribution is 0.0981. The summed E-state index contributed by atoms with van der Waals surface area (Å²) in [4.78, 5) is 23.8. The molecule has 1 atom stereocenters. The van der Waals surface area contributed by atoms with Crippen molar-refractivity contribution < 1.29 is 17.9 Å². The third kappa shape index (κ3) is 5.57. The average Bonchev–Trinajstić information content (AvgIpc) is 2.75. The van der Waals surface area contributed by atoms with Crippen molar-refractivity contribution in [3.05, 3.63) is 53.9 Å². The Morgan fingerprint density at radius 3 is 2.68 bits per heavy atom. The van der Waals surface area contributed by atoms with E-state index in [1.54, 1.807) is 23.1 Å². The third-order valence-corrected chi connectivity index (χ3v) is 5.35. The zero-order valence-electron chi connectivity index (χ0n) is 17.5. The third-order valence-electron chi connectivity index (χ3n) is 4.88. The van der Waals surface area contributed by atoms with Gasteiger partial charge in [-0.25, -0.2) is 14.8 Å². The van der Waals surface area contributed by atoms with E-state index in [9.17, 15) is 13.2 Å². The lowest BCUT2D eigenvalue weighted by atomic mass is 10.0. The Balaban J connectivity index is 2.10. The number of carbonyl (C=O) groups excluding carboxylic acids is 1. The molecule has 1 fully saturated rings. The maximum Gasteiger partial charge on any atom is 0.298 e. The number of nitrogens with zero attached hydrogens (tertiary/aromatic N) is 3. The van der Waals surface area contributed by atoms with Crippen molar-refractivity contribution in [3.8, 4) is 0 Å². The maximum absolute atomic E-state index is 12.4. The first kappa shape index (κ1) is 22.7. The number of hydrogen-bond donors (Lipinski definition) is 3. The second kappa shape index (κ2) is 9.41. The minimum Gasteiger partial charge on any atom is -0.379 e. The van der Waals surface area contributed by atoms with Gasteiger partial charge in [0, 0.05) is 29.9 Å². The molecule has 1 aromatic heterocycles. The minimum atomic E-state index is -4.20. The van der Waals surface area contributed by atoms with Crippen molar-refractivity contribution in [2.45, 2.75) is 19.9 Å². The van der Waals surface area contributed by atoms with Crippen LogP contribution in [0.3, 0.4) is 0 Å². The number of ether oxygens (including phenoxy) is 1. The highest BCUT2D eigenvalue weighted by Crippen LogP contribution is 2.27. The van der Waals surface area contributed by atoms with Gasteiger partial charge in [-0.05, 0) is 32.1 Å². The second-order valence-corrected chi connectivity index (χ2v) is 8.35. The number of benzene rings is 1. The molecule has 1 unspecified atom stereocenters. The zero-order valence-corrected chi connectivity index (χ0v) is 18.3. The number of anilines is 1. The fourth-order valence-electron chi connectivity index (χ4n) is 3.31. The Morgan fingerprint density at radius 1 is 1.35 bits per heavy atom. The number of carbonyl (C=O) groups is 1. The van der Waals surface area contributed by atoms with E-state index in [1.165, 1.54) is 6.07 Å². The van der Waals surface area contributed by atoms with E-state index in [0.29, 0.717) is 48.7 Å². The van der Waals surface area contributed by atoms with Crippen molar-refractivity contribution in [1.82, 2.24) is 20.0 Å². The molecule has 2 heterocycles. The quantitative estimate of drug-likeness (QED) is 0.538. The van der Waals surface area contributed by atoms with Gasteiger partial charge >= 0.3 is 0 Å². The molecule has 0 spiro atoms. The smallest absolute Gasteiger partial charge is 0.298 e. The van der Waals surface area contributed by atoms with Gasteiger partial charge in [0.2, 0.25) is 0 Å². The van der Waals surface area contributed by atoms with Crippen LogP contribution in [0.25, 0.3) is 11.0 Å². The lowest BCUT2D eigenvalue weighted by Crippen LogP contribution is -2.37. The van der Waals surface area contributed by atoms with E-state index in [2.05, 4.69) is 21.8 Å². The molecule has 0 saturated carbocycles. The molecule has 4 N–H and O–H groups in total. The number of amides is 1. The number of aromatic nitrogens is 2. The van der Waals surface area contributed by atoms with Crippen LogP contribution in [0.2, 0.25) is 0 Å². The molecule has 10 nitrogen and oxygen atoms in total. The second-order valence-electron chi connectivity index (χ2n) is 7.05. The van der Waals surface area contributed by atoms with Crippen LogP contribution in [0.15, 0.2) is 42.8 Å². The van der Waals surface area contributed by atoms with E-state index in [4.69, 9.17) is 14.9 Å². The minimum absolute atomic E-state index is 0.110. The molecular formula is C20H26N6O4S. The normalized spacial score (nSPS) is 16.1. The van der Waals surface area contributed by atoms with Crippen molar-refractivity contribution in [3.63, 3.8) is 0 Å². The highest BCUT2D eigenvalue weighted by atomic mass is 32.2. The number of rotatable bonds is 7. The summed E-state index contributed by atoms with van der Waals surface area (Å²) >= 11 is 0. The van der Waals surface area contributed by atoms with E-state index < -0.39 is 16.1 Å². The summed E-state index contributed by atoms with van der Waals surface area (Å²) in [5, 5.41) is 8.26. The molecule has 2 aromatic rings. The van der Waals surface area contributed by atoms with Gasteiger partial charge in [-0.3, -0.25) is 9.78 Å². The van der Waals surface area contributed by atoms with Gasteiger partial charge in [0.15, 0.2) is 0 Å². The van der Waals surface area contributed by atoms with Gasteiger partial charge < -0.3 is 15.0 Å². The predicted molar refractivity (Wildman–Crippen MR) is 119 cm³/mol. The SMILES string of the molecule is C=C/C(=C\C)NC(C)c1cc(C(=O)NS(N)(=O)=O)cc2ncc(N3CCOCC3)nc12. The number of fused-ring (bicyclic) bond motifs is 1. The molecule has 31 heavy (non-hydrogen) atoms. The largest absolute Gasteiger partial charge is 0.379 e. The van der Waals surface area contributed by atoms with Crippen molar-refractivity contribution >= 4 is 33.0 Å². The number of nitrogens with two attached hydrogens (primary N) is 1. The van der Waals surface area contributed by atoms with E-state index >= 15 is 0 Å². The zero-order chi connectivity index (χ0) is 22.6. The van der Waals surface area contributed by atoms with E-state index in [1.807, 2.05) is 19.9 Å². The van der Waals surface area contributed by atoms with Gasteiger partial charge in [0.05, 0.1) is 36.5 Å². The van der Waals surface area contributed by atoms with Crippen molar-refractivity contribution in [2.75, 3.05) is 31.2 Å². The number of morpholine rings is 1. The Hall–Kier alpha value is -3.02. The molecule has 11 heteroatoms. The summed E-state index contributed by atoms with van der Waals surface area (Å²) in [6.07, 6.45) is 5.19. The molecule has 1 aliphatic heterocycles. The fraction of sp³-hybridized carbons (Fsp3) is 0.350. The molecular weight excluding hydrogens is 420 g/mol. The predicted octanol–water partition coefficient (Wildman–Crippen LogP) is 1.14. The van der Waals surface area contributed by atoms with Crippen molar-refractivity contribution in [1.29, 1.82) is 0 Å².